The lowest BCUT2D eigenvalue weighted by Gasteiger charge is -2.40. The van der Waals surface area contributed by atoms with E-state index in [9.17, 15) is 13.9 Å². The molecule has 6 nitrogen and oxygen atoms in total. The Morgan fingerprint density at radius 2 is 1.62 bits per heavy atom. The van der Waals surface area contributed by atoms with Gasteiger partial charge in [-0.15, -0.1) is 0 Å². The Hall–Kier alpha value is -3.13. The van der Waals surface area contributed by atoms with E-state index in [1.165, 1.54) is 6.07 Å². The molecule has 0 radical (unpaired) electrons. The van der Waals surface area contributed by atoms with Crippen LogP contribution in [0, 0.1) is 6.92 Å². The van der Waals surface area contributed by atoms with Gasteiger partial charge >= 0.3 is 6.61 Å². The van der Waals surface area contributed by atoms with Gasteiger partial charge in [0.25, 0.3) is 0 Å². The topological polar surface area (TPSA) is 64.0 Å². The lowest BCUT2D eigenvalue weighted by Crippen LogP contribution is -2.42. The van der Waals surface area contributed by atoms with Crippen LogP contribution >= 0.6 is 0 Å². The first-order valence-corrected chi connectivity index (χ1v) is 10.4. The first kappa shape index (κ1) is 22.1. The number of rotatable bonds is 6. The molecule has 1 aromatic heterocycles. The van der Waals surface area contributed by atoms with Crippen LogP contribution in [0.3, 0.4) is 0 Å². The van der Waals surface area contributed by atoms with E-state index in [1.807, 2.05) is 25.1 Å². The number of ether oxygens (including phenoxy) is 3. The van der Waals surface area contributed by atoms with E-state index in [1.54, 1.807) is 32.4 Å². The molecule has 1 N–H and O–H groups in total. The van der Waals surface area contributed by atoms with Gasteiger partial charge < -0.3 is 24.2 Å². The van der Waals surface area contributed by atoms with Crippen LogP contribution in [0.15, 0.2) is 42.5 Å². The molecule has 1 fully saturated rings. The van der Waals surface area contributed by atoms with Crippen molar-refractivity contribution in [3.05, 3.63) is 53.7 Å². The fourth-order valence-corrected chi connectivity index (χ4v) is 4.24. The highest BCUT2D eigenvalue weighted by Crippen LogP contribution is 2.39. The molecule has 0 unspecified atom stereocenters. The molecular weight excluding hydrogens is 418 g/mol. The highest BCUT2D eigenvalue weighted by Gasteiger charge is 2.35. The molecule has 1 aliphatic heterocycles. The summed E-state index contributed by atoms with van der Waals surface area (Å²) in [6.45, 7) is 0.164. The highest BCUT2D eigenvalue weighted by molar-refractivity contribution is 5.93. The van der Waals surface area contributed by atoms with Crippen LogP contribution in [0.5, 0.6) is 17.2 Å². The van der Waals surface area contributed by atoms with Gasteiger partial charge in [-0.3, -0.25) is 4.98 Å². The number of pyridine rings is 1. The molecule has 4 rings (SSSR count). The minimum atomic E-state index is -2.89. The summed E-state index contributed by atoms with van der Waals surface area (Å²) in [4.78, 5) is 6.67. The lowest BCUT2D eigenvalue weighted by atomic mass is 9.84. The number of benzene rings is 2. The predicted octanol–water partition coefficient (Wildman–Crippen LogP) is 4.65. The Kier molecular flexibility index (Phi) is 6.06. The molecule has 3 aromatic rings. The molecule has 32 heavy (non-hydrogen) atoms. The van der Waals surface area contributed by atoms with Crippen LogP contribution in [0.2, 0.25) is 0 Å². The average molecular weight is 444 g/mol. The van der Waals surface area contributed by atoms with Crippen molar-refractivity contribution in [1.29, 1.82) is 0 Å². The number of fused-ring (bicyclic) bond motifs is 1. The fraction of sp³-hybridized carbons (Fsp3) is 0.375. The Balaban J connectivity index is 1.63. The number of hydrogen-bond donors (Lipinski definition) is 1. The predicted molar refractivity (Wildman–Crippen MR) is 118 cm³/mol. The van der Waals surface area contributed by atoms with E-state index >= 15 is 0 Å². The van der Waals surface area contributed by atoms with Crippen LogP contribution in [0.4, 0.5) is 14.5 Å². The number of methoxy groups -OCH3 is 2. The maximum atomic E-state index is 12.7. The number of aliphatic hydroxyl groups is 1. The Morgan fingerprint density at radius 1 is 0.969 bits per heavy atom. The molecule has 0 amide bonds. The van der Waals surface area contributed by atoms with Crippen molar-refractivity contribution in [2.24, 2.45) is 0 Å². The van der Waals surface area contributed by atoms with Gasteiger partial charge in [0, 0.05) is 35.9 Å². The maximum absolute atomic E-state index is 12.7. The summed E-state index contributed by atoms with van der Waals surface area (Å²) < 4.78 is 40.7. The fourth-order valence-electron chi connectivity index (χ4n) is 4.24. The number of aryl methyl sites for hydroxylation is 1. The van der Waals surface area contributed by atoms with Crippen molar-refractivity contribution in [2.75, 3.05) is 32.2 Å². The zero-order valence-electron chi connectivity index (χ0n) is 18.3. The van der Waals surface area contributed by atoms with E-state index in [2.05, 4.69) is 14.6 Å². The lowest BCUT2D eigenvalue weighted by molar-refractivity contribution is -0.0497. The summed E-state index contributed by atoms with van der Waals surface area (Å²) in [7, 11) is 3.15. The van der Waals surface area contributed by atoms with Crippen molar-refractivity contribution in [3.63, 3.8) is 0 Å². The van der Waals surface area contributed by atoms with Crippen LogP contribution in [-0.4, -0.2) is 44.0 Å². The van der Waals surface area contributed by atoms with Crippen LogP contribution in [-0.2, 0) is 5.60 Å². The second-order valence-corrected chi connectivity index (χ2v) is 7.96. The molecule has 0 atom stereocenters. The van der Waals surface area contributed by atoms with Gasteiger partial charge in [-0.05, 0) is 61.7 Å². The Morgan fingerprint density at radius 3 is 2.22 bits per heavy atom. The normalized spacial score (nSPS) is 15.8. The number of anilines is 1. The molecule has 2 aromatic carbocycles. The molecule has 1 aliphatic rings. The largest absolute Gasteiger partial charge is 0.497 e. The maximum Gasteiger partial charge on any atom is 0.387 e. The van der Waals surface area contributed by atoms with Crippen molar-refractivity contribution < 1.29 is 28.1 Å². The number of nitrogens with zero attached hydrogens (tertiary/aromatic N) is 2. The van der Waals surface area contributed by atoms with Crippen molar-refractivity contribution in [2.45, 2.75) is 32.0 Å². The average Bonchev–Trinajstić information content (AvgIpc) is 2.78. The van der Waals surface area contributed by atoms with Crippen LogP contribution in [0.25, 0.3) is 10.9 Å². The van der Waals surface area contributed by atoms with Crippen molar-refractivity contribution in [3.8, 4) is 17.2 Å². The van der Waals surface area contributed by atoms with E-state index < -0.39 is 12.2 Å². The van der Waals surface area contributed by atoms with Gasteiger partial charge in [0.15, 0.2) is 0 Å². The van der Waals surface area contributed by atoms with Gasteiger partial charge in [0.1, 0.15) is 17.2 Å². The van der Waals surface area contributed by atoms with Crippen molar-refractivity contribution >= 4 is 16.6 Å². The minimum Gasteiger partial charge on any atom is -0.497 e. The van der Waals surface area contributed by atoms with Gasteiger partial charge in [-0.25, -0.2) is 0 Å². The third-order valence-electron chi connectivity index (χ3n) is 5.93. The quantitative estimate of drug-likeness (QED) is 0.597. The Bertz CT molecular complexity index is 1090. The zero-order valence-corrected chi connectivity index (χ0v) is 18.3. The smallest absolute Gasteiger partial charge is 0.387 e. The third-order valence-corrected chi connectivity index (χ3v) is 5.93. The highest BCUT2D eigenvalue weighted by atomic mass is 19.3. The number of halogens is 2. The standard InChI is InChI=1S/C24H26F2N2O4/c1-15-10-22(20-14-17(32-23(25)26)4-5-21(20)27-15)28-8-6-24(29,7-9-28)16-11-18(30-2)13-19(12-16)31-3/h4-5,10-14,23,29H,6-9H2,1-3H3. The number of aromatic nitrogens is 1. The second-order valence-electron chi connectivity index (χ2n) is 7.96. The second kappa shape index (κ2) is 8.78. The van der Waals surface area contributed by atoms with E-state index in [4.69, 9.17) is 9.47 Å². The molecule has 0 bridgehead atoms. The van der Waals surface area contributed by atoms with E-state index in [0.717, 1.165) is 22.3 Å². The molecule has 0 saturated carbocycles. The summed E-state index contributed by atoms with van der Waals surface area (Å²) in [6.07, 6.45) is 0.971. The molecule has 0 aliphatic carbocycles. The monoisotopic (exact) mass is 444 g/mol. The molecule has 0 spiro atoms. The molecule has 8 heteroatoms. The van der Waals surface area contributed by atoms with Gasteiger partial charge in [-0.2, -0.15) is 8.78 Å². The zero-order chi connectivity index (χ0) is 22.9. The van der Waals surface area contributed by atoms with E-state index in [0.29, 0.717) is 42.9 Å². The summed E-state index contributed by atoms with van der Waals surface area (Å²) in [6, 6.07) is 12.1. The van der Waals surface area contributed by atoms with Crippen LogP contribution < -0.4 is 19.1 Å². The van der Waals surface area contributed by atoms with Gasteiger partial charge in [-0.1, -0.05) is 0 Å². The molecule has 170 valence electrons. The summed E-state index contributed by atoms with van der Waals surface area (Å²) in [5.41, 5.74) is 2.14. The van der Waals surface area contributed by atoms with Crippen LogP contribution in [0.1, 0.15) is 24.1 Å². The van der Waals surface area contributed by atoms with E-state index in [-0.39, 0.29) is 5.75 Å². The number of hydrogen-bond acceptors (Lipinski definition) is 6. The summed E-state index contributed by atoms with van der Waals surface area (Å²) in [5, 5.41) is 12.1. The summed E-state index contributed by atoms with van der Waals surface area (Å²) >= 11 is 0. The van der Waals surface area contributed by atoms with Gasteiger partial charge in [0.2, 0.25) is 0 Å². The van der Waals surface area contributed by atoms with Gasteiger partial charge in [0.05, 0.1) is 25.3 Å². The first-order valence-electron chi connectivity index (χ1n) is 10.4. The SMILES string of the molecule is COc1cc(OC)cc(C2(O)CCN(c3cc(C)nc4ccc(OC(F)F)cc34)CC2)c1. The summed E-state index contributed by atoms with van der Waals surface area (Å²) in [5.74, 6) is 1.34. The molecule has 1 saturated heterocycles. The third kappa shape index (κ3) is 4.41. The van der Waals surface area contributed by atoms with Crippen molar-refractivity contribution in [1.82, 2.24) is 4.98 Å². The number of alkyl halides is 2. The molecule has 2 heterocycles. The minimum absolute atomic E-state index is 0.0939. The first-order chi connectivity index (χ1) is 15.3. The number of piperidine rings is 1. The molecular formula is C24H26F2N2O4. The Labute approximate surface area is 185 Å².